The van der Waals surface area contributed by atoms with Crippen molar-refractivity contribution in [3.8, 4) is 0 Å². The molecule has 106 valence electrons. The predicted octanol–water partition coefficient (Wildman–Crippen LogP) is 0.428. The summed E-state index contributed by atoms with van der Waals surface area (Å²) in [5.74, 6) is 0. The second-order valence-electron chi connectivity index (χ2n) is 4.71. The molecule has 0 radical (unpaired) electrons. The van der Waals surface area contributed by atoms with Crippen LogP contribution >= 0.6 is 0 Å². The lowest BCUT2D eigenvalue weighted by Crippen LogP contribution is -2.29. The molecule has 0 unspecified atom stereocenters. The molecule has 0 atom stereocenters. The lowest BCUT2D eigenvalue weighted by atomic mass is 10.4. The zero-order valence-electron chi connectivity index (χ0n) is 10.9. The van der Waals surface area contributed by atoms with Crippen molar-refractivity contribution in [3.05, 3.63) is 18.5 Å². The van der Waals surface area contributed by atoms with Gasteiger partial charge in [0.2, 0.25) is 10.0 Å². The van der Waals surface area contributed by atoms with Crippen LogP contribution in [0.5, 0.6) is 0 Å². The number of nitrogen functional groups attached to an aromatic ring is 1. The van der Waals surface area contributed by atoms with E-state index in [0.29, 0.717) is 6.54 Å². The van der Waals surface area contributed by atoms with Crippen LogP contribution in [0.4, 0.5) is 5.69 Å². The number of sulfonamides is 1. The highest BCUT2D eigenvalue weighted by atomic mass is 32.2. The number of pyridine rings is 1. The molecule has 1 fully saturated rings. The Balaban J connectivity index is 1.82. The number of aromatic nitrogens is 1. The van der Waals surface area contributed by atoms with E-state index in [4.69, 9.17) is 5.73 Å². The van der Waals surface area contributed by atoms with Crippen molar-refractivity contribution in [2.24, 2.45) is 0 Å². The average molecular weight is 284 g/mol. The standard InChI is InChI=1S/C12H20N4O2S/c13-11-4-6-14-10-12(11)19(17,18)15-5-3-9-16-7-1-2-8-16/h4,6,10,15H,1-3,5,7-9H2,(H2,13,14). The fourth-order valence-electron chi connectivity index (χ4n) is 2.21. The van der Waals surface area contributed by atoms with Gasteiger partial charge in [0.15, 0.2) is 0 Å². The normalized spacial score (nSPS) is 16.8. The number of rotatable bonds is 6. The summed E-state index contributed by atoms with van der Waals surface area (Å²) in [4.78, 5) is 6.20. The Morgan fingerprint density at radius 2 is 2.11 bits per heavy atom. The summed E-state index contributed by atoms with van der Waals surface area (Å²) < 4.78 is 26.6. The van der Waals surface area contributed by atoms with E-state index >= 15 is 0 Å². The minimum atomic E-state index is -3.54. The molecule has 1 aliphatic rings. The molecular weight excluding hydrogens is 264 g/mol. The molecule has 1 aliphatic heterocycles. The van der Waals surface area contributed by atoms with Gasteiger partial charge in [0.1, 0.15) is 4.90 Å². The van der Waals surface area contributed by atoms with E-state index < -0.39 is 10.0 Å². The number of anilines is 1. The van der Waals surface area contributed by atoms with Crippen LogP contribution in [0.25, 0.3) is 0 Å². The van der Waals surface area contributed by atoms with Crippen LogP contribution in [-0.4, -0.2) is 44.5 Å². The molecule has 0 saturated carbocycles. The third kappa shape index (κ3) is 3.89. The molecule has 2 heterocycles. The van der Waals surface area contributed by atoms with E-state index in [1.807, 2.05) is 0 Å². The van der Waals surface area contributed by atoms with Gasteiger partial charge in [-0.25, -0.2) is 13.1 Å². The third-order valence-electron chi connectivity index (χ3n) is 3.25. The number of nitrogens with one attached hydrogen (secondary N) is 1. The third-order valence-corrected chi connectivity index (χ3v) is 4.75. The van der Waals surface area contributed by atoms with Gasteiger partial charge in [-0.1, -0.05) is 0 Å². The maximum Gasteiger partial charge on any atom is 0.244 e. The molecule has 0 spiro atoms. The number of nitrogens with zero attached hydrogens (tertiary/aromatic N) is 2. The molecule has 0 amide bonds. The number of nitrogens with two attached hydrogens (primary N) is 1. The lowest BCUT2D eigenvalue weighted by molar-refractivity contribution is 0.334. The van der Waals surface area contributed by atoms with Gasteiger partial charge in [-0.05, 0) is 45.0 Å². The smallest absolute Gasteiger partial charge is 0.244 e. The molecular formula is C12H20N4O2S. The Labute approximate surface area is 114 Å². The van der Waals surface area contributed by atoms with E-state index in [0.717, 1.165) is 26.1 Å². The Bertz CT molecular complexity index is 512. The molecule has 19 heavy (non-hydrogen) atoms. The Morgan fingerprint density at radius 3 is 2.79 bits per heavy atom. The summed E-state index contributed by atoms with van der Waals surface area (Å²) in [6, 6.07) is 1.48. The second-order valence-corrected chi connectivity index (χ2v) is 6.45. The highest BCUT2D eigenvalue weighted by molar-refractivity contribution is 7.89. The van der Waals surface area contributed by atoms with E-state index in [9.17, 15) is 8.42 Å². The van der Waals surface area contributed by atoms with E-state index in [1.165, 1.54) is 31.3 Å². The Morgan fingerprint density at radius 1 is 1.37 bits per heavy atom. The highest BCUT2D eigenvalue weighted by Gasteiger charge is 2.17. The molecule has 2 rings (SSSR count). The fourth-order valence-corrected chi connectivity index (χ4v) is 3.35. The molecule has 1 aromatic heterocycles. The number of hydrogen-bond acceptors (Lipinski definition) is 5. The first-order chi connectivity index (χ1) is 9.09. The first-order valence-corrected chi connectivity index (χ1v) is 7.99. The number of likely N-dealkylation sites (tertiary alicyclic amines) is 1. The minimum Gasteiger partial charge on any atom is -0.398 e. The molecule has 0 bridgehead atoms. The van der Waals surface area contributed by atoms with E-state index in [2.05, 4.69) is 14.6 Å². The quantitative estimate of drug-likeness (QED) is 0.740. The van der Waals surface area contributed by atoms with Gasteiger partial charge < -0.3 is 10.6 Å². The maximum absolute atomic E-state index is 12.0. The van der Waals surface area contributed by atoms with E-state index in [1.54, 1.807) is 0 Å². The van der Waals surface area contributed by atoms with Crippen molar-refractivity contribution < 1.29 is 8.42 Å². The van der Waals surface area contributed by atoms with Gasteiger partial charge in [-0.15, -0.1) is 0 Å². The molecule has 6 nitrogen and oxygen atoms in total. The summed E-state index contributed by atoms with van der Waals surface area (Å²) >= 11 is 0. The summed E-state index contributed by atoms with van der Waals surface area (Å²) in [6.45, 7) is 3.61. The second kappa shape index (κ2) is 6.31. The van der Waals surface area contributed by atoms with Crippen LogP contribution in [0.15, 0.2) is 23.4 Å². The van der Waals surface area contributed by atoms with Gasteiger partial charge >= 0.3 is 0 Å². The van der Waals surface area contributed by atoms with Crippen molar-refractivity contribution in [1.82, 2.24) is 14.6 Å². The van der Waals surface area contributed by atoms with Crippen molar-refractivity contribution >= 4 is 15.7 Å². The number of hydrogen-bond donors (Lipinski definition) is 2. The zero-order chi connectivity index (χ0) is 13.7. The summed E-state index contributed by atoms with van der Waals surface area (Å²) in [5, 5.41) is 0. The Hall–Kier alpha value is -1.18. The van der Waals surface area contributed by atoms with Crippen LogP contribution in [0.1, 0.15) is 19.3 Å². The molecule has 3 N–H and O–H groups in total. The maximum atomic E-state index is 12.0. The van der Waals surface area contributed by atoms with Crippen molar-refractivity contribution in [2.75, 3.05) is 31.9 Å². The first kappa shape index (κ1) is 14.2. The van der Waals surface area contributed by atoms with Crippen LogP contribution < -0.4 is 10.5 Å². The van der Waals surface area contributed by atoms with Crippen molar-refractivity contribution in [3.63, 3.8) is 0 Å². The topological polar surface area (TPSA) is 88.3 Å². The molecule has 7 heteroatoms. The first-order valence-electron chi connectivity index (χ1n) is 6.51. The van der Waals surface area contributed by atoms with Gasteiger partial charge in [-0.3, -0.25) is 4.98 Å². The molecule has 0 aliphatic carbocycles. The SMILES string of the molecule is Nc1ccncc1S(=O)(=O)NCCCN1CCCC1. The Kier molecular flexibility index (Phi) is 4.73. The van der Waals surface area contributed by atoms with Crippen LogP contribution in [0.2, 0.25) is 0 Å². The lowest BCUT2D eigenvalue weighted by Gasteiger charge is -2.14. The summed E-state index contributed by atoms with van der Waals surface area (Å²) in [7, 11) is -3.54. The average Bonchev–Trinajstić information content (AvgIpc) is 2.88. The van der Waals surface area contributed by atoms with Crippen LogP contribution in [0.3, 0.4) is 0 Å². The van der Waals surface area contributed by atoms with E-state index in [-0.39, 0.29) is 10.6 Å². The summed E-state index contributed by atoms with van der Waals surface area (Å²) in [5.41, 5.74) is 5.87. The van der Waals surface area contributed by atoms with Crippen molar-refractivity contribution in [2.45, 2.75) is 24.2 Å². The predicted molar refractivity (Wildman–Crippen MR) is 74.1 cm³/mol. The summed E-state index contributed by atoms with van der Waals surface area (Å²) in [6.07, 6.45) is 6.05. The fraction of sp³-hybridized carbons (Fsp3) is 0.583. The molecule has 0 aromatic carbocycles. The van der Waals surface area contributed by atoms with Gasteiger partial charge in [0.25, 0.3) is 0 Å². The monoisotopic (exact) mass is 284 g/mol. The van der Waals surface area contributed by atoms with Crippen LogP contribution in [0, 0.1) is 0 Å². The zero-order valence-corrected chi connectivity index (χ0v) is 11.7. The van der Waals surface area contributed by atoms with Crippen LogP contribution in [-0.2, 0) is 10.0 Å². The highest BCUT2D eigenvalue weighted by Crippen LogP contribution is 2.15. The van der Waals surface area contributed by atoms with Gasteiger partial charge in [0, 0.05) is 18.9 Å². The van der Waals surface area contributed by atoms with Gasteiger partial charge in [-0.2, -0.15) is 0 Å². The molecule has 1 aromatic rings. The van der Waals surface area contributed by atoms with Crippen molar-refractivity contribution in [1.29, 1.82) is 0 Å². The largest absolute Gasteiger partial charge is 0.398 e. The van der Waals surface area contributed by atoms with Gasteiger partial charge in [0.05, 0.1) is 5.69 Å². The minimum absolute atomic E-state index is 0.0520. The molecule has 1 saturated heterocycles.